The van der Waals surface area contributed by atoms with E-state index in [1.54, 1.807) is 18.2 Å². The predicted molar refractivity (Wildman–Crippen MR) is 96.9 cm³/mol. The molecule has 2 N–H and O–H groups in total. The van der Waals surface area contributed by atoms with Crippen LogP contribution in [0.5, 0.6) is 11.5 Å². The van der Waals surface area contributed by atoms with E-state index >= 15 is 0 Å². The highest BCUT2D eigenvalue weighted by Gasteiger charge is 2.29. The molecule has 0 fully saturated rings. The molecule has 0 bridgehead atoms. The second kappa shape index (κ2) is 8.81. The number of nitrogens with zero attached hydrogens (tertiary/aromatic N) is 1. The number of amides is 1. The minimum atomic E-state index is -4.44. The molecule has 9 heteroatoms. The van der Waals surface area contributed by atoms with Crippen LogP contribution in [0.2, 0.25) is 0 Å². The van der Waals surface area contributed by atoms with Crippen LogP contribution in [0.4, 0.5) is 24.5 Å². The van der Waals surface area contributed by atoms with Crippen LogP contribution in [0.1, 0.15) is 5.56 Å². The van der Waals surface area contributed by atoms with Gasteiger partial charge in [0.05, 0.1) is 19.8 Å². The van der Waals surface area contributed by atoms with Crippen molar-refractivity contribution in [3.05, 3.63) is 59.8 Å². The molecular weight excluding hydrogens is 375 g/mol. The van der Waals surface area contributed by atoms with Gasteiger partial charge < -0.3 is 20.1 Å². The Bertz CT molecular complexity index is 917. The van der Waals surface area contributed by atoms with Crippen molar-refractivity contribution in [3.63, 3.8) is 0 Å². The van der Waals surface area contributed by atoms with Crippen molar-refractivity contribution < 1.29 is 27.4 Å². The van der Waals surface area contributed by atoms with Gasteiger partial charge >= 0.3 is 6.18 Å². The van der Waals surface area contributed by atoms with Crippen LogP contribution in [0, 0.1) is 11.3 Å². The lowest BCUT2D eigenvalue weighted by Gasteiger charge is -2.10. The lowest BCUT2D eigenvalue weighted by atomic mass is 10.2. The fourth-order valence-corrected chi connectivity index (χ4v) is 2.17. The van der Waals surface area contributed by atoms with Crippen LogP contribution in [0.3, 0.4) is 0 Å². The lowest BCUT2D eigenvalue weighted by molar-refractivity contribution is -0.137. The third-order valence-corrected chi connectivity index (χ3v) is 3.60. The van der Waals surface area contributed by atoms with Gasteiger partial charge in [0.2, 0.25) is 0 Å². The van der Waals surface area contributed by atoms with E-state index < -0.39 is 17.6 Å². The number of nitrogens with one attached hydrogen (secondary N) is 2. The van der Waals surface area contributed by atoms with E-state index in [9.17, 15) is 23.2 Å². The highest BCUT2D eigenvalue weighted by atomic mass is 19.4. The van der Waals surface area contributed by atoms with Crippen LogP contribution in [-0.2, 0) is 11.0 Å². The zero-order chi connectivity index (χ0) is 20.7. The topological polar surface area (TPSA) is 83.4 Å². The van der Waals surface area contributed by atoms with Gasteiger partial charge in [0.15, 0.2) is 11.5 Å². The van der Waals surface area contributed by atoms with Crippen LogP contribution in [0.15, 0.2) is 54.2 Å². The smallest absolute Gasteiger partial charge is 0.416 e. The quantitative estimate of drug-likeness (QED) is 0.570. The largest absolute Gasteiger partial charge is 0.493 e. The molecule has 0 atom stereocenters. The van der Waals surface area contributed by atoms with Crippen molar-refractivity contribution in [1.82, 2.24) is 0 Å². The SMILES string of the molecule is COc1ccc(NC(=O)/C(C#N)=C\Nc2ccc(C(F)(F)F)cc2)cc1OC. The molecule has 6 nitrogen and oxygen atoms in total. The minimum Gasteiger partial charge on any atom is -0.493 e. The van der Waals surface area contributed by atoms with Crippen molar-refractivity contribution in [2.45, 2.75) is 6.18 Å². The number of halogens is 3. The molecule has 0 aliphatic heterocycles. The Morgan fingerprint density at radius 3 is 2.18 bits per heavy atom. The maximum absolute atomic E-state index is 12.6. The van der Waals surface area contributed by atoms with E-state index in [4.69, 9.17) is 9.47 Å². The summed E-state index contributed by atoms with van der Waals surface area (Å²) in [5.41, 5.74) is -0.401. The summed E-state index contributed by atoms with van der Waals surface area (Å²) in [5, 5.41) is 14.3. The first kappa shape index (κ1) is 20.6. The molecule has 1 amide bonds. The first-order valence-electron chi connectivity index (χ1n) is 7.86. The summed E-state index contributed by atoms with van der Waals surface area (Å²) >= 11 is 0. The fraction of sp³-hybridized carbons (Fsp3) is 0.158. The fourth-order valence-electron chi connectivity index (χ4n) is 2.17. The average Bonchev–Trinajstić information content (AvgIpc) is 2.68. The standard InChI is InChI=1S/C19H16F3N3O3/c1-27-16-8-7-15(9-17(16)28-2)25-18(26)12(10-23)11-24-14-5-3-13(4-6-14)19(20,21)22/h3-9,11,24H,1-2H3,(H,25,26)/b12-11-. The summed E-state index contributed by atoms with van der Waals surface area (Å²) in [6.07, 6.45) is -3.33. The molecule has 0 saturated heterocycles. The molecule has 0 aromatic heterocycles. The van der Waals surface area contributed by atoms with Gasteiger partial charge in [-0.25, -0.2) is 0 Å². The minimum absolute atomic E-state index is 0.269. The Morgan fingerprint density at radius 1 is 1.04 bits per heavy atom. The normalized spacial score (nSPS) is 11.4. The summed E-state index contributed by atoms with van der Waals surface area (Å²) in [5.74, 6) is 0.167. The Labute approximate surface area is 159 Å². The van der Waals surface area contributed by atoms with Crippen molar-refractivity contribution >= 4 is 17.3 Å². The molecule has 0 spiro atoms. The van der Waals surface area contributed by atoms with E-state index in [2.05, 4.69) is 10.6 Å². The van der Waals surface area contributed by atoms with Gasteiger partial charge in [-0.15, -0.1) is 0 Å². The zero-order valence-electron chi connectivity index (χ0n) is 14.9. The van der Waals surface area contributed by atoms with E-state index in [0.29, 0.717) is 22.9 Å². The molecule has 0 radical (unpaired) electrons. The van der Waals surface area contributed by atoms with Crippen molar-refractivity contribution in [2.75, 3.05) is 24.9 Å². The van der Waals surface area contributed by atoms with Crippen molar-refractivity contribution in [2.24, 2.45) is 0 Å². The number of hydrogen-bond donors (Lipinski definition) is 2. The van der Waals surface area contributed by atoms with Crippen molar-refractivity contribution in [3.8, 4) is 17.6 Å². The number of rotatable bonds is 6. The number of ether oxygens (including phenoxy) is 2. The van der Waals surface area contributed by atoms with Gasteiger partial charge in [-0.05, 0) is 36.4 Å². The third-order valence-electron chi connectivity index (χ3n) is 3.60. The molecule has 2 aromatic carbocycles. The number of nitriles is 1. The second-order valence-electron chi connectivity index (χ2n) is 5.41. The number of anilines is 2. The van der Waals surface area contributed by atoms with E-state index in [-0.39, 0.29) is 5.57 Å². The molecule has 2 rings (SSSR count). The summed E-state index contributed by atoms with van der Waals surface area (Å²) in [6, 6.07) is 10.6. The molecule has 0 heterocycles. The van der Waals surface area contributed by atoms with E-state index in [1.807, 2.05) is 0 Å². The number of carbonyl (C=O) groups excluding carboxylic acids is 1. The zero-order valence-corrected chi connectivity index (χ0v) is 14.9. The number of methoxy groups -OCH3 is 2. The number of hydrogen-bond acceptors (Lipinski definition) is 5. The Kier molecular flexibility index (Phi) is 6.50. The van der Waals surface area contributed by atoms with Crippen LogP contribution in [-0.4, -0.2) is 20.1 Å². The molecular formula is C19H16F3N3O3. The van der Waals surface area contributed by atoms with Crippen LogP contribution in [0.25, 0.3) is 0 Å². The average molecular weight is 391 g/mol. The van der Waals surface area contributed by atoms with Gasteiger partial charge in [0.25, 0.3) is 5.91 Å². The highest BCUT2D eigenvalue weighted by Crippen LogP contribution is 2.30. The van der Waals surface area contributed by atoms with Gasteiger partial charge in [0.1, 0.15) is 11.6 Å². The number of benzene rings is 2. The predicted octanol–water partition coefficient (Wildman–Crippen LogP) is 4.18. The van der Waals surface area contributed by atoms with Gasteiger partial charge in [-0.1, -0.05) is 0 Å². The maximum Gasteiger partial charge on any atom is 0.416 e. The van der Waals surface area contributed by atoms with Crippen molar-refractivity contribution in [1.29, 1.82) is 5.26 Å². The summed E-state index contributed by atoms with van der Waals surface area (Å²) < 4.78 is 47.9. The van der Waals surface area contributed by atoms with Gasteiger partial charge in [-0.3, -0.25) is 4.79 Å². The van der Waals surface area contributed by atoms with Gasteiger partial charge in [-0.2, -0.15) is 18.4 Å². The Hall–Kier alpha value is -3.67. The molecule has 0 aliphatic carbocycles. The molecule has 28 heavy (non-hydrogen) atoms. The molecule has 146 valence electrons. The molecule has 0 unspecified atom stereocenters. The van der Waals surface area contributed by atoms with Crippen LogP contribution >= 0.6 is 0 Å². The van der Waals surface area contributed by atoms with Gasteiger partial charge in [0, 0.05) is 23.6 Å². The highest BCUT2D eigenvalue weighted by molar-refractivity contribution is 6.06. The lowest BCUT2D eigenvalue weighted by Crippen LogP contribution is -2.14. The summed E-state index contributed by atoms with van der Waals surface area (Å²) in [4.78, 5) is 12.2. The number of alkyl halides is 3. The monoisotopic (exact) mass is 391 g/mol. The second-order valence-corrected chi connectivity index (χ2v) is 5.41. The molecule has 0 saturated carbocycles. The van der Waals surface area contributed by atoms with Crippen LogP contribution < -0.4 is 20.1 Å². The number of carbonyl (C=O) groups is 1. The first-order valence-corrected chi connectivity index (χ1v) is 7.86. The summed E-state index contributed by atoms with van der Waals surface area (Å²) in [7, 11) is 2.91. The molecule has 0 aliphatic rings. The van der Waals surface area contributed by atoms with E-state index in [0.717, 1.165) is 18.3 Å². The maximum atomic E-state index is 12.6. The Morgan fingerprint density at radius 2 is 1.64 bits per heavy atom. The first-order chi connectivity index (χ1) is 13.3. The Balaban J connectivity index is 2.10. The summed E-state index contributed by atoms with van der Waals surface area (Å²) in [6.45, 7) is 0. The van der Waals surface area contributed by atoms with E-state index in [1.165, 1.54) is 32.4 Å². The third kappa shape index (κ3) is 5.17. The molecule has 2 aromatic rings.